The summed E-state index contributed by atoms with van der Waals surface area (Å²) in [6.45, 7) is 0.469. The Balaban J connectivity index is 1.94. The average molecular weight is 384 g/mol. The second-order valence-corrected chi connectivity index (χ2v) is 6.80. The van der Waals surface area contributed by atoms with Crippen LogP contribution in [-0.2, 0) is 23.3 Å². The number of ether oxygens (including phenoxy) is 2. The Kier molecular flexibility index (Phi) is 6.42. The first-order valence-electron chi connectivity index (χ1n) is 6.69. The van der Waals surface area contributed by atoms with Crippen molar-refractivity contribution in [2.75, 3.05) is 14.2 Å². The van der Waals surface area contributed by atoms with Crippen LogP contribution in [0.4, 0.5) is 0 Å². The normalized spacial score (nSPS) is 12.0. The van der Waals surface area contributed by atoms with Gasteiger partial charge >= 0.3 is 0 Å². The zero-order chi connectivity index (χ0) is 15.9. The number of nitrogens with one attached hydrogen (secondary N) is 1. The van der Waals surface area contributed by atoms with Gasteiger partial charge in [0, 0.05) is 22.6 Å². The van der Waals surface area contributed by atoms with Crippen molar-refractivity contribution in [3.63, 3.8) is 0 Å². The SMILES string of the molecule is COc1ccc(CNS(=O)Cc2ccc(Br)cc2)c(OC)c1. The summed E-state index contributed by atoms with van der Waals surface area (Å²) in [5.41, 5.74) is 1.96. The Bertz CT molecular complexity index is 646. The second-order valence-electron chi connectivity index (χ2n) is 4.62. The van der Waals surface area contributed by atoms with Crippen molar-refractivity contribution in [1.29, 1.82) is 0 Å². The molecule has 0 aromatic heterocycles. The van der Waals surface area contributed by atoms with Crippen LogP contribution in [0.2, 0.25) is 0 Å². The zero-order valence-electron chi connectivity index (χ0n) is 12.5. The van der Waals surface area contributed by atoms with Crippen molar-refractivity contribution in [2.45, 2.75) is 12.3 Å². The van der Waals surface area contributed by atoms with Crippen LogP contribution in [-0.4, -0.2) is 18.4 Å². The highest BCUT2D eigenvalue weighted by Crippen LogP contribution is 2.24. The van der Waals surface area contributed by atoms with Crippen LogP contribution in [0, 0.1) is 0 Å². The maximum Gasteiger partial charge on any atom is 0.127 e. The molecule has 0 saturated heterocycles. The fraction of sp³-hybridized carbons (Fsp3) is 0.250. The largest absolute Gasteiger partial charge is 0.497 e. The van der Waals surface area contributed by atoms with Gasteiger partial charge in [0.2, 0.25) is 0 Å². The Morgan fingerprint density at radius 1 is 1.09 bits per heavy atom. The number of hydrogen-bond acceptors (Lipinski definition) is 3. The summed E-state index contributed by atoms with van der Waals surface area (Å²) >= 11 is 3.38. The van der Waals surface area contributed by atoms with Gasteiger partial charge < -0.3 is 9.47 Å². The summed E-state index contributed by atoms with van der Waals surface area (Å²) in [6.07, 6.45) is 0. The highest BCUT2D eigenvalue weighted by atomic mass is 79.9. The third kappa shape index (κ3) is 4.83. The van der Waals surface area contributed by atoms with Crippen molar-refractivity contribution < 1.29 is 13.7 Å². The summed E-state index contributed by atoms with van der Waals surface area (Å²) in [4.78, 5) is 0. The maximum atomic E-state index is 12.1. The Hall–Kier alpha value is -1.37. The Morgan fingerprint density at radius 2 is 1.82 bits per heavy atom. The van der Waals surface area contributed by atoms with Gasteiger partial charge in [0.15, 0.2) is 0 Å². The monoisotopic (exact) mass is 383 g/mol. The van der Waals surface area contributed by atoms with Gasteiger partial charge in [-0.1, -0.05) is 34.1 Å². The average Bonchev–Trinajstić information content (AvgIpc) is 2.55. The maximum absolute atomic E-state index is 12.1. The second kappa shape index (κ2) is 8.31. The first-order chi connectivity index (χ1) is 10.6. The number of rotatable bonds is 7. The van der Waals surface area contributed by atoms with Gasteiger partial charge in [0.1, 0.15) is 11.5 Å². The van der Waals surface area contributed by atoms with Crippen molar-refractivity contribution in [1.82, 2.24) is 4.72 Å². The number of benzene rings is 2. The molecule has 22 heavy (non-hydrogen) atoms. The molecule has 0 amide bonds. The molecule has 118 valence electrons. The molecule has 2 aromatic rings. The molecule has 0 bridgehead atoms. The molecule has 2 aromatic carbocycles. The summed E-state index contributed by atoms with van der Waals surface area (Å²) in [5.74, 6) is 1.91. The van der Waals surface area contributed by atoms with E-state index >= 15 is 0 Å². The predicted octanol–water partition coefficient (Wildman–Crippen LogP) is 3.42. The van der Waals surface area contributed by atoms with Gasteiger partial charge in [-0.25, -0.2) is 8.93 Å². The predicted molar refractivity (Wildman–Crippen MR) is 92.4 cm³/mol. The molecular weight excluding hydrogens is 366 g/mol. The minimum absolute atomic E-state index is 0.464. The molecule has 0 aliphatic carbocycles. The van der Waals surface area contributed by atoms with E-state index in [2.05, 4.69) is 20.7 Å². The van der Waals surface area contributed by atoms with Gasteiger partial charge in [-0.05, 0) is 23.8 Å². The van der Waals surface area contributed by atoms with Gasteiger partial charge in [-0.3, -0.25) is 0 Å². The topological polar surface area (TPSA) is 47.6 Å². The molecule has 1 N–H and O–H groups in total. The minimum atomic E-state index is -1.15. The molecule has 0 fully saturated rings. The third-order valence-electron chi connectivity index (χ3n) is 3.13. The van der Waals surface area contributed by atoms with E-state index in [0.717, 1.165) is 21.3 Å². The first-order valence-corrected chi connectivity index (χ1v) is 8.81. The lowest BCUT2D eigenvalue weighted by molar-refractivity contribution is 0.391. The zero-order valence-corrected chi connectivity index (χ0v) is 14.9. The molecule has 2 rings (SSSR count). The summed E-state index contributed by atoms with van der Waals surface area (Å²) in [5, 5.41) is 0. The van der Waals surface area contributed by atoms with E-state index in [4.69, 9.17) is 9.47 Å². The van der Waals surface area contributed by atoms with E-state index in [1.165, 1.54) is 0 Å². The van der Waals surface area contributed by atoms with Crippen LogP contribution < -0.4 is 14.2 Å². The van der Waals surface area contributed by atoms with Gasteiger partial charge in [0.25, 0.3) is 0 Å². The van der Waals surface area contributed by atoms with Crippen molar-refractivity contribution in [2.24, 2.45) is 0 Å². The summed E-state index contributed by atoms with van der Waals surface area (Å²) in [6, 6.07) is 13.4. The van der Waals surface area contributed by atoms with Crippen molar-refractivity contribution >= 4 is 26.9 Å². The molecule has 0 aliphatic heterocycles. The lowest BCUT2D eigenvalue weighted by atomic mass is 10.2. The van der Waals surface area contributed by atoms with Gasteiger partial charge in [-0.2, -0.15) is 0 Å². The molecule has 1 atom stereocenters. The fourth-order valence-electron chi connectivity index (χ4n) is 1.94. The number of hydrogen-bond donors (Lipinski definition) is 1. The van der Waals surface area contributed by atoms with E-state index in [1.807, 2.05) is 42.5 Å². The van der Waals surface area contributed by atoms with Crippen LogP contribution in [0.25, 0.3) is 0 Å². The van der Waals surface area contributed by atoms with Crippen LogP contribution in [0.15, 0.2) is 46.9 Å². The molecule has 0 spiro atoms. The van der Waals surface area contributed by atoms with E-state index in [1.54, 1.807) is 14.2 Å². The molecular formula is C16H18BrNO3S. The minimum Gasteiger partial charge on any atom is -0.497 e. The van der Waals surface area contributed by atoms with Crippen LogP contribution in [0.3, 0.4) is 0 Å². The van der Waals surface area contributed by atoms with Crippen LogP contribution >= 0.6 is 15.9 Å². The Labute approximate surface area is 141 Å². The number of halogens is 1. The van der Waals surface area contributed by atoms with E-state index < -0.39 is 11.0 Å². The quantitative estimate of drug-likeness (QED) is 0.796. The van der Waals surface area contributed by atoms with E-state index in [9.17, 15) is 4.21 Å². The standard InChI is InChI=1S/C16H18BrNO3S/c1-20-15-8-5-13(16(9-15)21-2)10-18-22(19)11-12-3-6-14(17)7-4-12/h3-9,18H,10-11H2,1-2H3. The molecule has 6 heteroatoms. The van der Waals surface area contributed by atoms with Crippen molar-refractivity contribution in [3.8, 4) is 11.5 Å². The molecule has 1 unspecified atom stereocenters. The lowest BCUT2D eigenvalue weighted by Gasteiger charge is -2.11. The molecule has 0 saturated carbocycles. The molecule has 0 heterocycles. The van der Waals surface area contributed by atoms with Gasteiger partial charge in [0.05, 0.1) is 31.0 Å². The molecule has 4 nitrogen and oxygen atoms in total. The lowest BCUT2D eigenvalue weighted by Crippen LogP contribution is -2.18. The van der Waals surface area contributed by atoms with Crippen LogP contribution in [0.1, 0.15) is 11.1 Å². The summed E-state index contributed by atoms with van der Waals surface area (Å²) < 4.78 is 26.6. The Morgan fingerprint density at radius 3 is 2.45 bits per heavy atom. The van der Waals surface area contributed by atoms with E-state index in [0.29, 0.717) is 18.0 Å². The highest BCUT2D eigenvalue weighted by Gasteiger charge is 2.07. The smallest absolute Gasteiger partial charge is 0.127 e. The fourth-order valence-corrected chi connectivity index (χ4v) is 3.12. The van der Waals surface area contributed by atoms with Crippen molar-refractivity contribution in [3.05, 3.63) is 58.1 Å². The van der Waals surface area contributed by atoms with Gasteiger partial charge in [-0.15, -0.1) is 0 Å². The summed E-state index contributed by atoms with van der Waals surface area (Å²) in [7, 11) is 2.07. The molecule has 0 aliphatic rings. The van der Waals surface area contributed by atoms with E-state index in [-0.39, 0.29) is 0 Å². The highest BCUT2D eigenvalue weighted by molar-refractivity contribution is 9.10. The third-order valence-corrected chi connectivity index (χ3v) is 4.72. The number of methoxy groups -OCH3 is 2. The van der Waals surface area contributed by atoms with Crippen LogP contribution in [0.5, 0.6) is 11.5 Å². The molecule has 0 radical (unpaired) electrons. The first kappa shape index (κ1) is 17.0.